The molecular formula is C27H28F3N5O2S. The second-order valence-electron chi connectivity index (χ2n) is 9.52. The fourth-order valence-electron chi connectivity index (χ4n) is 4.91. The highest BCUT2D eigenvalue weighted by atomic mass is 32.1. The van der Waals surface area contributed by atoms with Gasteiger partial charge in [0.15, 0.2) is 0 Å². The van der Waals surface area contributed by atoms with Crippen molar-refractivity contribution in [3.63, 3.8) is 0 Å². The van der Waals surface area contributed by atoms with E-state index in [2.05, 4.69) is 20.3 Å². The Morgan fingerprint density at radius 1 is 1.11 bits per heavy atom. The first-order valence-electron chi connectivity index (χ1n) is 12.2. The molecule has 0 spiro atoms. The zero-order chi connectivity index (χ0) is 26.9. The van der Waals surface area contributed by atoms with E-state index in [0.29, 0.717) is 41.2 Å². The number of methoxy groups -OCH3 is 1. The van der Waals surface area contributed by atoms with Crippen LogP contribution in [-0.4, -0.2) is 58.6 Å². The highest BCUT2D eigenvalue weighted by Gasteiger charge is 2.36. The van der Waals surface area contributed by atoms with Crippen LogP contribution in [0.25, 0.3) is 21.3 Å². The summed E-state index contributed by atoms with van der Waals surface area (Å²) in [5, 5.41) is 14.8. The molecule has 0 amide bonds. The molecule has 0 radical (unpaired) electrons. The summed E-state index contributed by atoms with van der Waals surface area (Å²) in [4.78, 5) is 15.4. The molecule has 0 bridgehead atoms. The van der Waals surface area contributed by atoms with Gasteiger partial charge >= 0.3 is 6.18 Å². The molecule has 3 atom stereocenters. The molecule has 1 aliphatic carbocycles. The zero-order valence-electron chi connectivity index (χ0n) is 20.9. The normalized spacial score (nSPS) is 19.7. The van der Waals surface area contributed by atoms with Crippen molar-refractivity contribution in [2.45, 2.75) is 50.2 Å². The number of nitrogens with zero attached hydrogens (tertiary/aromatic N) is 4. The largest absolute Gasteiger partial charge is 0.495 e. The van der Waals surface area contributed by atoms with Gasteiger partial charge in [0, 0.05) is 42.3 Å². The van der Waals surface area contributed by atoms with E-state index < -0.39 is 18.7 Å². The molecule has 1 aromatic carbocycles. The van der Waals surface area contributed by atoms with E-state index in [1.54, 1.807) is 19.5 Å². The summed E-state index contributed by atoms with van der Waals surface area (Å²) in [6.45, 7) is 0.595. The van der Waals surface area contributed by atoms with Crippen LogP contribution in [0.3, 0.4) is 0 Å². The Morgan fingerprint density at radius 3 is 2.63 bits per heavy atom. The summed E-state index contributed by atoms with van der Waals surface area (Å²) >= 11 is 1.04. The first-order chi connectivity index (χ1) is 18.2. The first kappa shape index (κ1) is 26.3. The number of hydrogen-bond donors (Lipinski definition) is 2. The maximum Gasteiger partial charge on any atom is 0.393 e. The quantitative estimate of drug-likeness (QED) is 0.324. The van der Waals surface area contributed by atoms with Gasteiger partial charge in [0.1, 0.15) is 22.7 Å². The number of anilines is 1. The summed E-state index contributed by atoms with van der Waals surface area (Å²) in [5.41, 5.74) is 3.09. The molecule has 0 unspecified atom stereocenters. The predicted molar refractivity (Wildman–Crippen MR) is 141 cm³/mol. The predicted octanol–water partition coefficient (Wildman–Crippen LogP) is 4.98. The van der Waals surface area contributed by atoms with Gasteiger partial charge in [0.25, 0.3) is 0 Å². The number of fused-ring (bicyclic) bond motifs is 1. The molecule has 38 heavy (non-hydrogen) atoms. The number of halogens is 3. The van der Waals surface area contributed by atoms with Crippen molar-refractivity contribution in [2.75, 3.05) is 19.1 Å². The number of aliphatic hydroxyl groups excluding tert-OH is 1. The second-order valence-corrected chi connectivity index (χ2v) is 10.6. The average molecular weight is 544 g/mol. The minimum atomic E-state index is -4.28. The SMILES string of the molecule is COc1cncc(-c2ccc(CN[C@@H]3C[C@H](N(C)c4ncnc5sc(CC(F)(F)F)cc45)C[C@@H]3O)cc2)c1. The van der Waals surface area contributed by atoms with Crippen molar-refractivity contribution in [1.29, 1.82) is 0 Å². The summed E-state index contributed by atoms with van der Waals surface area (Å²) < 4.78 is 44.0. The molecule has 1 saturated carbocycles. The van der Waals surface area contributed by atoms with Gasteiger partial charge in [-0.15, -0.1) is 11.3 Å². The van der Waals surface area contributed by atoms with Crippen LogP contribution in [0.5, 0.6) is 5.75 Å². The number of thiophene rings is 1. The number of rotatable bonds is 8. The lowest BCUT2D eigenvalue weighted by Crippen LogP contribution is -2.35. The number of pyridine rings is 1. The highest BCUT2D eigenvalue weighted by Crippen LogP contribution is 2.36. The van der Waals surface area contributed by atoms with Gasteiger partial charge in [-0.25, -0.2) is 9.97 Å². The minimum Gasteiger partial charge on any atom is -0.495 e. The van der Waals surface area contributed by atoms with Gasteiger partial charge in [0.05, 0.1) is 31.2 Å². The minimum absolute atomic E-state index is 0.0190. The van der Waals surface area contributed by atoms with Crippen molar-refractivity contribution in [3.05, 3.63) is 65.6 Å². The van der Waals surface area contributed by atoms with E-state index in [1.807, 2.05) is 42.3 Å². The molecule has 200 valence electrons. The number of alkyl halides is 3. The summed E-state index contributed by atoms with van der Waals surface area (Å²) in [7, 11) is 3.48. The number of hydrogen-bond acceptors (Lipinski definition) is 8. The molecular weight excluding hydrogens is 515 g/mol. The number of ether oxygens (including phenoxy) is 1. The van der Waals surface area contributed by atoms with Crippen LogP contribution in [0.4, 0.5) is 19.0 Å². The molecule has 11 heteroatoms. The van der Waals surface area contributed by atoms with E-state index in [4.69, 9.17) is 4.74 Å². The zero-order valence-corrected chi connectivity index (χ0v) is 21.8. The lowest BCUT2D eigenvalue weighted by molar-refractivity contribution is -0.126. The molecule has 1 aliphatic rings. The van der Waals surface area contributed by atoms with E-state index in [0.717, 1.165) is 28.0 Å². The van der Waals surface area contributed by atoms with Gasteiger partial charge in [-0.3, -0.25) is 4.98 Å². The molecule has 1 fully saturated rings. The third kappa shape index (κ3) is 5.90. The second kappa shape index (κ2) is 10.8. The van der Waals surface area contributed by atoms with E-state index in [9.17, 15) is 18.3 Å². The van der Waals surface area contributed by atoms with Crippen LogP contribution in [0.15, 0.2) is 55.1 Å². The van der Waals surface area contributed by atoms with E-state index >= 15 is 0 Å². The highest BCUT2D eigenvalue weighted by molar-refractivity contribution is 7.18. The average Bonchev–Trinajstić information content (AvgIpc) is 3.48. The third-order valence-electron chi connectivity index (χ3n) is 6.92. The van der Waals surface area contributed by atoms with Crippen LogP contribution in [0, 0.1) is 0 Å². The molecule has 4 aromatic rings. The Bertz CT molecular complexity index is 1400. The fraction of sp³-hybridized carbons (Fsp3) is 0.370. The van der Waals surface area contributed by atoms with Gasteiger partial charge in [-0.1, -0.05) is 24.3 Å². The molecule has 3 heterocycles. The van der Waals surface area contributed by atoms with Crippen molar-refractivity contribution in [1.82, 2.24) is 20.3 Å². The van der Waals surface area contributed by atoms with Gasteiger partial charge in [-0.2, -0.15) is 13.2 Å². The number of nitrogens with one attached hydrogen (secondary N) is 1. The molecule has 7 nitrogen and oxygen atoms in total. The fourth-order valence-corrected chi connectivity index (χ4v) is 5.93. The monoisotopic (exact) mass is 543 g/mol. The smallest absolute Gasteiger partial charge is 0.393 e. The van der Waals surface area contributed by atoms with Crippen LogP contribution in [-0.2, 0) is 13.0 Å². The van der Waals surface area contributed by atoms with Crippen molar-refractivity contribution >= 4 is 27.4 Å². The molecule has 5 rings (SSSR count). The Labute approximate surface area is 222 Å². The van der Waals surface area contributed by atoms with E-state index in [-0.39, 0.29) is 17.0 Å². The van der Waals surface area contributed by atoms with Gasteiger partial charge < -0.3 is 20.1 Å². The molecule has 2 N–H and O–H groups in total. The maximum atomic E-state index is 12.9. The molecule has 3 aromatic heterocycles. The Hall–Kier alpha value is -3.28. The first-order valence-corrected chi connectivity index (χ1v) is 13.0. The van der Waals surface area contributed by atoms with Gasteiger partial charge in [0.2, 0.25) is 0 Å². The number of aromatic nitrogens is 3. The number of benzene rings is 1. The molecule has 0 saturated heterocycles. The van der Waals surface area contributed by atoms with Crippen molar-refractivity contribution in [2.24, 2.45) is 0 Å². The number of aliphatic hydroxyl groups is 1. The summed E-state index contributed by atoms with van der Waals surface area (Å²) in [6.07, 6.45) is 0.235. The standard InChI is InChI=1S/C27H28F3N5O2S/c1-35(25-22-10-21(11-27(28,29)30)38-26(22)34-15-33-25)19-8-23(24(36)9-19)32-12-16-3-5-17(6-4-16)18-7-20(37-2)14-31-13-18/h3-7,10,13-15,19,23-24,32,36H,8-9,11-12H2,1-2H3/t19-,23+,24-/m0/s1. The van der Waals surface area contributed by atoms with Crippen molar-refractivity contribution < 1.29 is 23.0 Å². The Morgan fingerprint density at radius 2 is 1.89 bits per heavy atom. The lowest BCUT2D eigenvalue weighted by atomic mass is 10.1. The van der Waals surface area contributed by atoms with Crippen molar-refractivity contribution in [3.8, 4) is 16.9 Å². The van der Waals surface area contributed by atoms with Crippen LogP contribution >= 0.6 is 11.3 Å². The van der Waals surface area contributed by atoms with E-state index in [1.165, 1.54) is 12.4 Å². The van der Waals surface area contributed by atoms with Gasteiger partial charge in [-0.05, 0) is 36.1 Å². The van der Waals surface area contributed by atoms with Crippen LogP contribution < -0.4 is 15.0 Å². The topological polar surface area (TPSA) is 83.4 Å². The molecule has 0 aliphatic heterocycles. The Balaban J connectivity index is 1.22. The van der Waals surface area contributed by atoms with Crippen LogP contribution in [0.2, 0.25) is 0 Å². The summed E-state index contributed by atoms with van der Waals surface area (Å²) in [6, 6.07) is 11.5. The lowest BCUT2D eigenvalue weighted by Gasteiger charge is -2.26. The Kier molecular flexibility index (Phi) is 7.51. The maximum absolute atomic E-state index is 12.9. The van der Waals surface area contributed by atoms with Crippen LogP contribution in [0.1, 0.15) is 23.3 Å². The summed E-state index contributed by atoms with van der Waals surface area (Å²) in [5.74, 6) is 1.28. The third-order valence-corrected chi connectivity index (χ3v) is 7.97.